The Hall–Kier alpha value is -0.970. The molecular formula is C15H18BrF2NO. The fraction of sp³-hybridized carbons (Fsp3) is 0.533. The molecule has 1 fully saturated rings. The maximum absolute atomic E-state index is 13.8. The second kappa shape index (κ2) is 6.66. The molecule has 20 heavy (non-hydrogen) atoms. The van der Waals surface area contributed by atoms with Gasteiger partial charge in [0.2, 0.25) is 0 Å². The van der Waals surface area contributed by atoms with Crippen LogP contribution in [0.15, 0.2) is 12.1 Å². The number of hydrogen-bond acceptors (Lipinski definition) is 1. The zero-order valence-corrected chi connectivity index (χ0v) is 13.0. The summed E-state index contributed by atoms with van der Waals surface area (Å²) in [5.74, 6) is -1.88. The molecule has 1 aromatic rings. The number of carbonyl (C=O) groups excluding carboxylic acids is 1. The first-order valence-corrected chi connectivity index (χ1v) is 7.77. The lowest BCUT2D eigenvalue weighted by Gasteiger charge is -2.25. The summed E-state index contributed by atoms with van der Waals surface area (Å²) >= 11 is 3.58. The zero-order valence-electron chi connectivity index (χ0n) is 11.4. The molecule has 0 heterocycles. The highest BCUT2D eigenvalue weighted by molar-refractivity contribution is 9.09. The van der Waals surface area contributed by atoms with Gasteiger partial charge >= 0.3 is 0 Å². The Morgan fingerprint density at radius 2 is 2.15 bits per heavy atom. The van der Waals surface area contributed by atoms with E-state index in [4.69, 9.17) is 0 Å². The van der Waals surface area contributed by atoms with Gasteiger partial charge in [-0.3, -0.25) is 4.79 Å². The molecule has 2 atom stereocenters. The van der Waals surface area contributed by atoms with Gasteiger partial charge in [-0.2, -0.15) is 0 Å². The largest absolute Gasteiger partial charge is 0.352 e. The Balaban J connectivity index is 2.00. The van der Waals surface area contributed by atoms with Crippen molar-refractivity contribution >= 4 is 21.8 Å². The minimum atomic E-state index is -0.812. The highest BCUT2D eigenvalue weighted by atomic mass is 79.9. The quantitative estimate of drug-likeness (QED) is 0.825. The summed E-state index contributed by atoms with van der Waals surface area (Å²) in [4.78, 5) is 12.4. The van der Waals surface area contributed by atoms with Crippen LogP contribution in [-0.2, 0) is 0 Å². The molecule has 1 N–H and O–H groups in total. The van der Waals surface area contributed by atoms with Gasteiger partial charge in [-0.05, 0) is 43.7 Å². The van der Waals surface area contributed by atoms with Gasteiger partial charge in [-0.1, -0.05) is 28.4 Å². The molecule has 0 radical (unpaired) electrons. The molecule has 0 aromatic heterocycles. The van der Waals surface area contributed by atoms with Crippen LogP contribution in [0.25, 0.3) is 0 Å². The average molecular weight is 346 g/mol. The van der Waals surface area contributed by atoms with Gasteiger partial charge in [0.1, 0.15) is 17.2 Å². The highest BCUT2D eigenvalue weighted by Gasteiger charge is 2.23. The predicted molar refractivity (Wildman–Crippen MR) is 78.1 cm³/mol. The molecule has 0 saturated heterocycles. The summed E-state index contributed by atoms with van der Waals surface area (Å²) in [6.07, 6.45) is 4.29. The molecule has 1 aromatic carbocycles. The van der Waals surface area contributed by atoms with Crippen LogP contribution in [0.3, 0.4) is 0 Å². The number of hydrogen-bond donors (Lipinski definition) is 1. The molecule has 110 valence electrons. The first kappa shape index (κ1) is 15.4. The topological polar surface area (TPSA) is 29.1 Å². The van der Waals surface area contributed by atoms with E-state index in [1.54, 1.807) is 0 Å². The first-order valence-electron chi connectivity index (χ1n) is 6.86. The SMILES string of the molecule is Cc1ccc(F)c(C(=O)NCC2CCCC(Br)C2)c1F. The molecule has 2 nitrogen and oxygen atoms in total. The average Bonchev–Trinajstić information content (AvgIpc) is 2.41. The van der Waals surface area contributed by atoms with Gasteiger partial charge in [0.25, 0.3) is 5.91 Å². The van der Waals surface area contributed by atoms with E-state index in [0.29, 0.717) is 17.3 Å². The lowest BCUT2D eigenvalue weighted by atomic mass is 9.89. The molecule has 1 aliphatic rings. The van der Waals surface area contributed by atoms with Crippen molar-refractivity contribution in [1.82, 2.24) is 5.32 Å². The number of carbonyl (C=O) groups is 1. The van der Waals surface area contributed by atoms with Crippen LogP contribution in [0.2, 0.25) is 0 Å². The lowest BCUT2D eigenvalue weighted by molar-refractivity contribution is 0.0935. The summed E-state index contributed by atoms with van der Waals surface area (Å²) < 4.78 is 27.4. The normalized spacial score (nSPS) is 22.6. The van der Waals surface area contributed by atoms with E-state index in [-0.39, 0.29) is 5.56 Å². The molecule has 2 rings (SSSR count). The number of amides is 1. The molecule has 0 aliphatic heterocycles. The second-order valence-corrected chi connectivity index (χ2v) is 6.69. The van der Waals surface area contributed by atoms with Crippen LogP contribution in [0, 0.1) is 24.5 Å². The minimum absolute atomic E-state index is 0.273. The van der Waals surface area contributed by atoms with Gasteiger partial charge in [0.05, 0.1) is 0 Å². The van der Waals surface area contributed by atoms with Gasteiger partial charge in [0.15, 0.2) is 0 Å². The minimum Gasteiger partial charge on any atom is -0.352 e. The number of alkyl halides is 1. The maximum atomic E-state index is 13.8. The summed E-state index contributed by atoms with van der Waals surface area (Å²) in [7, 11) is 0. The summed E-state index contributed by atoms with van der Waals surface area (Å²) in [6, 6.07) is 2.46. The molecule has 1 aliphatic carbocycles. The van der Waals surface area contributed by atoms with E-state index in [1.807, 2.05) is 0 Å². The van der Waals surface area contributed by atoms with Gasteiger partial charge in [-0.15, -0.1) is 0 Å². The number of benzene rings is 1. The van der Waals surface area contributed by atoms with Gasteiger partial charge < -0.3 is 5.32 Å². The van der Waals surface area contributed by atoms with Crippen molar-refractivity contribution in [2.24, 2.45) is 5.92 Å². The first-order chi connectivity index (χ1) is 9.49. The molecule has 0 spiro atoms. The smallest absolute Gasteiger partial charge is 0.257 e. The van der Waals surface area contributed by atoms with Crippen molar-refractivity contribution in [2.75, 3.05) is 6.54 Å². The van der Waals surface area contributed by atoms with Gasteiger partial charge in [-0.25, -0.2) is 8.78 Å². The summed E-state index contributed by atoms with van der Waals surface area (Å²) in [6.45, 7) is 1.98. The fourth-order valence-corrected chi connectivity index (χ4v) is 3.45. The Labute approximate surface area is 126 Å². The van der Waals surface area contributed by atoms with Crippen molar-refractivity contribution in [3.8, 4) is 0 Å². The number of rotatable bonds is 3. The third-order valence-electron chi connectivity index (χ3n) is 3.78. The highest BCUT2D eigenvalue weighted by Crippen LogP contribution is 2.28. The van der Waals surface area contributed by atoms with Crippen LogP contribution < -0.4 is 5.32 Å². The van der Waals surface area contributed by atoms with Crippen LogP contribution in [0.5, 0.6) is 0 Å². The van der Waals surface area contributed by atoms with Gasteiger partial charge in [0, 0.05) is 11.4 Å². The molecular weight excluding hydrogens is 328 g/mol. The third-order valence-corrected chi connectivity index (χ3v) is 4.61. The van der Waals surface area contributed by atoms with Crippen molar-refractivity contribution in [3.63, 3.8) is 0 Å². The zero-order chi connectivity index (χ0) is 14.7. The molecule has 1 amide bonds. The van der Waals surface area contributed by atoms with E-state index in [0.717, 1.165) is 31.7 Å². The molecule has 0 bridgehead atoms. The van der Waals surface area contributed by atoms with E-state index < -0.39 is 23.1 Å². The van der Waals surface area contributed by atoms with Crippen LogP contribution in [0.4, 0.5) is 8.78 Å². The third kappa shape index (κ3) is 3.57. The molecule has 1 saturated carbocycles. The number of halogens is 3. The Bertz CT molecular complexity index is 507. The van der Waals surface area contributed by atoms with Crippen molar-refractivity contribution < 1.29 is 13.6 Å². The van der Waals surface area contributed by atoms with E-state index in [9.17, 15) is 13.6 Å². The van der Waals surface area contributed by atoms with Crippen molar-refractivity contribution in [2.45, 2.75) is 37.4 Å². The maximum Gasteiger partial charge on any atom is 0.257 e. The monoisotopic (exact) mass is 345 g/mol. The molecule has 5 heteroatoms. The van der Waals surface area contributed by atoms with Crippen LogP contribution in [-0.4, -0.2) is 17.3 Å². The van der Waals surface area contributed by atoms with Crippen molar-refractivity contribution in [1.29, 1.82) is 0 Å². The van der Waals surface area contributed by atoms with E-state index >= 15 is 0 Å². The number of nitrogens with one attached hydrogen (secondary N) is 1. The van der Waals surface area contributed by atoms with E-state index in [2.05, 4.69) is 21.2 Å². The fourth-order valence-electron chi connectivity index (χ4n) is 2.60. The Morgan fingerprint density at radius 1 is 1.40 bits per heavy atom. The van der Waals surface area contributed by atoms with Crippen LogP contribution in [0.1, 0.15) is 41.6 Å². The number of aryl methyl sites for hydroxylation is 1. The Kier molecular flexibility index (Phi) is 5.13. The predicted octanol–water partition coefficient (Wildman–Crippen LogP) is 3.96. The van der Waals surface area contributed by atoms with Crippen molar-refractivity contribution in [3.05, 3.63) is 34.9 Å². The lowest BCUT2D eigenvalue weighted by Crippen LogP contribution is -2.33. The van der Waals surface area contributed by atoms with E-state index in [1.165, 1.54) is 13.0 Å². The van der Waals surface area contributed by atoms with Crippen LogP contribution >= 0.6 is 15.9 Å². The standard InChI is InChI=1S/C15H18BrF2NO/c1-9-5-6-12(17)13(14(9)18)15(20)19-8-10-3-2-4-11(16)7-10/h5-6,10-11H,2-4,7-8H2,1H3,(H,19,20). The molecule has 2 unspecified atom stereocenters. The Morgan fingerprint density at radius 3 is 2.85 bits per heavy atom. The summed E-state index contributed by atoms with van der Waals surface area (Å²) in [5.41, 5.74) is -0.203. The second-order valence-electron chi connectivity index (χ2n) is 5.39. The summed E-state index contributed by atoms with van der Waals surface area (Å²) in [5, 5.41) is 2.66.